The second kappa shape index (κ2) is 35.4. The van der Waals surface area contributed by atoms with Gasteiger partial charge in [0.15, 0.2) is 6.29 Å². The van der Waals surface area contributed by atoms with Crippen molar-refractivity contribution in [2.24, 2.45) is 0 Å². The van der Waals surface area contributed by atoms with Crippen LogP contribution >= 0.6 is 0 Å². The van der Waals surface area contributed by atoms with Crippen LogP contribution in [-0.2, 0) is 24.4 Å². The van der Waals surface area contributed by atoms with Crippen molar-refractivity contribution in [3.63, 3.8) is 0 Å². The summed E-state index contributed by atoms with van der Waals surface area (Å²) >= 11 is 0. The fraction of sp³-hybridized carbons (Fsp3) is 0.500. The van der Waals surface area contributed by atoms with E-state index in [4.69, 9.17) is 9.47 Å². The average molecular weight is 874 g/mol. The van der Waals surface area contributed by atoms with Gasteiger partial charge in [0.05, 0.1) is 18.8 Å². The zero-order valence-corrected chi connectivity index (χ0v) is 36.2. The van der Waals surface area contributed by atoms with Crippen LogP contribution in [0.5, 0.6) is 0 Å². The Hall–Kier alpha value is -6.18. The molecule has 328 valence electrons. The van der Waals surface area contributed by atoms with E-state index >= 15 is 0 Å². The maximum atomic E-state index is 12.7. The summed E-state index contributed by atoms with van der Waals surface area (Å²) in [5.41, 5.74) is 0. The topological polar surface area (TPSA) is 203 Å². The Labute approximate surface area is 373 Å². The smallest absolute Gasteiger partial charge is 0.297 e. The summed E-state index contributed by atoms with van der Waals surface area (Å²) in [4.78, 5) is 12.7. The predicted octanol–water partition coefficient (Wildman–Crippen LogP) is 1.06. The van der Waals surface area contributed by atoms with Gasteiger partial charge in [-0.15, -0.1) is 0 Å². The van der Waals surface area contributed by atoms with Crippen molar-refractivity contribution < 1.29 is 52.8 Å². The van der Waals surface area contributed by atoms with E-state index in [2.05, 4.69) is 154 Å². The Morgan fingerprint density at radius 1 is 0.603 bits per heavy atom. The Bertz CT molecular complexity index is 2390. The summed E-state index contributed by atoms with van der Waals surface area (Å²) in [6.45, 7) is 3.24. The van der Waals surface area contributed by atoms with E-state index in [0.717, 1.165) is 25.7 Å². The van der Waals surface area contributed by atoms with Crippen LogP contribution in [0.1, 0.15) is 97.3 Å². The van der Waals surface area contributed by atoms with Crippen LogP contribution < -0.4 is 5.32 Å². The van der Waals surface area contributed by atoms with Gasteiger partial charge in [0.25, 0.3) is 16.0 Å². The molecule has 1 aliphatic heterocycles. The molecule has 1 rings (SSSR count). The molecule has 0 aromatic carbocycles. The molecule has 0 radical (unpaired) electrons. The van der Waals surface area contributed by atoms with Crippen LogP contribution in [0.4, 0.5) is 0 Å². The molecular weight excluding hydrogens is 823 g/mol. The lowest BCUT2D eigenvalue weighted by molar-refractivity contribution is -0.294. The fourth-order valence-electron chi connectivity index (χ4n) is 5.44. The molecule has 13 heteroatoms. The number of aliphatic hydroxyl groups excluding tert-OH is 5. The van der Waals surface area contributed by atoms with Gasteiger partial charge in [-0.2, -0.15) is 8.42 Å². The Morgan fingerprint density at radius 3 is 1.41 bits per heavy atom. The van der Waals surface area contributed by atoms with Crippen LogP contribution in [0, 0.1) is 142 Å². The highest BCUT2D eigenvalue weighted by atomic mass is 32.2. The zero-order valence-electron chi connectivity index (χ0n) is 35.4. The monoisotopic (exact) mass is 873 g/mol. The van der Waals surface area contributed by atoms with Gasteiger partial charge in [0, 0.05) is 41.4 Å². The predicted molar refractivity (Wildman–Crippen MR) is 238 cm³/mol. The quantitative estimate of drug-likeness (QED) is 0.0494. The third kappa shape index (κ3) is 28.9. The van der Waals surface area contributed by atoms with Crippen LogP contribution in [0.25, 0.3) is 0 Å². The number of amides is 1. The summed E-state index contributed by atoms with van der Waals surface area (Å²) in [7, 11) is -4.68. The molecule has 0 aromatic heterocycles. The largest absolute Gasteiger partial charge is 0.390 e. The van der Waals surface area contributed by atoms with Crippen molar-refractivity contribution in [1.82, 2.24) is 5.32 Å². The summed E-state index contributed by atoms with van der Waals surface area (Å²) in [6, 6.07) is -1.35. The SMILES string of the molecule is CC#CC#CC#CC#CC#CC#CC#CC#CC#CC#CC#CC#CC(=O)N[C@@H](CO[C@H]1OC(CS(=O)(=O)O)[C@H](O)[C@H](O)C1O)[C@H](O)[C@H](O)CCCCCCCCCCCCCC. The highest BCUT2D eigenvalue weighted by molar-refractivity contribution is 7.85. The van der Waals surface area contributed by atoms with Crippen molar-refractivity contribution in [2.75, 3.05) is 12.4 Å². The number of aliphatic hydroxyl groups is 5. The minimum absolute atomic E-state index is 0.193. The third-order valence-electron chi connectivity index (χ3n) is 8.57. The fourth-order valence-corrected chi connectivity index (χ4v) is 6.13. The normalized spacial score (nSPS) is 17.7. The second-order valence-corrected chi connectivity index (χ2v) is 15.0. The van der Waals surface area contributed by atoms with Crippen LogP contribution in [-0.4, -0.2) is 106 Å². The highest BCUT2D eigenvalue weighted by Gasteiger charge is 2.46. The second-order valence-electron chi connectivity index (χ2n) is 13.5. The number of unbranched alkanes of at least 4 members (excludes halogenated alkanes) is 11. The van der Waals surface area contributed by atoms with Crippen LogP contribution in [0.3, 0.4) is 0 Å². The highest BCUT2D eigenvalue weighted by Crippen LogP contribution is 2.24. The summed E-state index contributed by atoms with van der Waals surface area (Å²) in [5, 5.41) is 55.2. The molecule has 1 fully saturated rings. The molecule has 0 bridgehead atoms. The number of hydrogen-bond donors (Lipinski definition) is 7. The van der Waals surface area contributed by atoms with E-state index in [9.17, 15) is 43.3 Å². The zero-order chi connectivity index (χ0) is 46.4. The van der Waals surface area contributed by atoms with Crippen molar-refractivity contribution in [1.29, 1.82) is 0 Å². The number of hydrogen-bond acceptors (Lipinski definition) is 10. The van der Waals surface area contributed by atoms with E-state index in [-0.39, 0.29) is 6.42 Å². The minimum atomic E-state index is -4.68. The van der Waals surface area contributed by atoms with Crippen LogP contribution in [0.15, 0.2) is 0 Å². The molecule has 8 atom stereocenters. The molecule has 1 amide bonds. The van der Waals surface area contributed by atoms with Gasteiger partial charge in [-0.1, -0.05) is 89.9 Å². The standard InChI is InChI=1S/C50H51NO11S/c1-3-5-7-9-11-13-15-17-18-19-20-21-22-23-24-25-26-27-29-31-33-35-37-39-45(53)51-42(40-61-50-49(57)48(56)47(55)44(62-50)41-63(58,59)60)46(54)43(52)38-36-34-32-30-28-16-14-12-10-8-6-4-2/h42-44,46-50,52,54-57H,4,6,8,10,12,14,16,28,30,32,34,36,38,40-41H2,1-2H3,(H,51,53)(H,58,59,60)/t42-,43+,44?,46-,47-,48-,49?,50-/m0/s1. The first-order valence-electron chi connectivity index (χ1n) is 20.3. The lowest BCUT2D eigenvalue weighted by Crippen LogP contribution is -2.60. The number of nitrogens with one attached hydrogen (secondary N) is 1. The molecule has 2 unspecified atom stereocenters. The van der Waals surface area contributed by atoms with Crippen molar-refractivity contribution in [3.05, 3.63) is 0 Å². The Kier molecular flexibility index (Phi) is 30.8. The molecule has 0 aromatic rings. The molecule has 1 aliphatic rings. The average Bonchev–Trinajstić information content (AvgIpc) is 3.25. The third-order valence-corrected chi connectivity index (χ3v) is 9.32. The Morgan fingerprint density at radius 2 is 1.00 bits per heavy atom. The molecule has 12 nitrogen and oxygen atoms in total. The minimum Gasteiger partial charge on any atom is -0.390 e. The van der Waals surface area contributed by atoms with E-state index < -0.39 is 77.3 Å². The molecule has 0 saturated carbocycles. The van der Waals surface area contributed by atoms with Gasteiger partial charge < -0.3 is 40.3 Å². The van der Waals surface area contributed by atoms with Gasteiger partial charge in [0.2, 0.25) is 0 Å². The van der Waals surface area contributed by atoms with Crippen molar-refractivity contribution in [2.45, 2.75) is 146 Å². The van der Waals surface area contributed by atoms with E-state index in [1.807, 2.05) is 0 Å². The molecule has 7 N–H and O–H groups in total. The summed E-state index contributed by atoms with van der Waals surface area (Å²) < 4.78 is 42.9. The Balaban J connectivity index is 2.83. The summed E-state index contributed by atoms with van der Waals surface area (Å²) in [5.74, 6) is 56.8. The van der Waals surface area contributed by atoms with Crippen LogP contribution in [0.2, 0.25) is 0 Å². The first-order chi connectivity index (χ1) is 30.4. The number of carbonyl (C=O) groups is 1. The van der Waals surface area contributed by atoms with Gasteiger partial charge in [-0.25, -0.2) is 0 Å². The van der Waals surface area contributed by atoms with Gasteiger partial charge >= 0.3 is 0 Å². The lowest BCUT2D eigenvalue weighted by atomic mass is 9.98. The number of rotatable bonds is 21. The maximum Gasteiger partial charge on any atom is 0.297 e. The molecule has 0 aliphatic carbocycles. The van der Waals surface area contributed by atoms with E-state index in [1.165, 1.54) is 44.9 Å². The molecular formula is C50H51NO11S. The number of carbonyl (C=O) groups excluding carboxylic acids is 1. The van der Waals surface area contributed by atoms with Gasteiger partial charge in [0.1, 0.15) is 36.3 Å². The van der Waals surface area contributed by atoms with Gasteiger partial charge in [-0.05, 0) is 108 Å². The molecule has 0 spiro atoms. The maximum absolute atomic E-state index is 12.7. The molecule has 63 heavy (non-hydrogen) atoms. The molecule has 1 heterocycles. The first kappa shape index (κ1) is 54.8. The molecule has 1 saturated heterocycles. The van der Waals surface area contributed by atoms with Crippen molar-refractivity contribution >= 4 is 16.0 Å². The van der Waals surface area contributed by atoms with E-state index in [1.54, 1.807) is 6.92 Å². The lowest BCUT2D eigenvalue weighted by Gasteiger charge is -2.40. The van der Waals surface area contributed by atoms with E-state index in [0.29, 0.717) is 6.42 Å². The van der Waals surface area contributed by atoms with Gasteiger partial charge in [-0.3, -0.25) is 9.35 Å². The number of ether oxygens (including phenoxy) is 2. The summed E-state index contributed by atoms with van der Waals surface area (Å²) in [6.07, 6.45) is 1.42. The van der Waals surface area contributed by atoms with Crippen molar-refractivity contribution in [3.8, 4) is 142 Å². The first-order valence-corrected chi connectivity index (χ1v) is 21.9.